The van der Waals surface area contributed by atoms with Gasteiger partial charge in [0.05, 0.1) is 24.9 Å². The van der Waals surface area contributed by atoms with E-state index in [-0.39, 0.29) is 12.5 Å². The number of carbonyl (C=O) groups is 1. The summed E-state index contributed by atoms with van der Waals surface area (Å²) in [6, 6.07) is 0. The summed E-state index contributed by atoms with van der Waals surface area (Å²) >= 11 is 0. The third-order valence-electron chi connectivity index (χ3n) is 10.1. The predicted octanol–water partition coefficient (Wildman–Crippen LogP) is 0.531. The minimum absolute atomic E-state index is 0.0673. The van der Waals surface area contributed by atoms with Crippen LogP contribution in [0.15, 0.2) is 0 Å². The van der Waals surface area contributed by atoms with E-state index in [1.54, 1.807) is 6.92 Å². The van der Waals surface area contributed by atoms with Gasteiger partial charge in [-0.25, -0.2) is 0 Å². The first-order valence-electron chi connectivity index (χ1n) is 18.3. The summed E-state index contributed by atoms with van der Waals surface area (Å²) in [6.07, 6.45) is -11.0. The van der Waals surface area contributed by atoms with Crippen molar-refractivity contribution in [1.82, 2.24) is 0 Å². The number of hydrogen-bond acceptors (Lipinski definition) is 15. The smallest absolute Gasteiger partial charge is 0.306 e. The molecule has 4 rings (SSSR count). The van der Waals surface area contributed by atoms with E-state index >= 15 is 0 Å². The first kappa shape index (κ1) is 40.7. The molecular weight excluding hydrogens is 648 g/mol. The third kappa shape index (κ3) is 10.7. The second kappa shape index (κ2) is 19.7. The summed E-state index contributed by atoms with van der Waals surface area (Å²) in [5.41, 5.74) is 0. The Morgan fingerprint density at radius 2 is 1.10 bits per heavy atom. The lowest BCUT2D eigenvalue weighted by molar-refractivity contribution is -0.393. The first-order valence-corrected chi connectivity index (χ1v) is 18.3. The summed E-state index contributed by atoms with van der Waals surface area (Å²) in [5.74, 6) is -0.637. The fraction of sp³-hybridized carbons (Fsp3) is 0.971. The second-order valence-corrected chi connectivity index (χ2v) is 14.0. The van der Waals surface area contributed by atoms with Crippen LogP contribution in [0.1, 0.15) is 104 Å². The summed E-state index contributed by atoms with van der Waals surface area (Å²) in [5, 5.41) is 75.6. The first-order chi connectivity index (χ1) is 23.5. The van der Waals surface area contributed by atoms with E-state index in [2.05, 4.69) is 6.92 Å². The van der Waals surface area contributed by atoms with Crippen molar-refractivity contribution in [1.29, 1.82) is 0 Å². The number of unbranched alkanes of at least 4 members (excludes halogenated alkanes) is 2. The molecule has 49 heavy (non-hydrogen) atoms. The minimum Gasteiger partial charge on any atom is -0.454 e. The molecule has 4 aliphatic heterocycles. The molecule has 0 bridgehead atoms. The average Bonchev–Trinajstić information content (AvgIpc) is 3.07. The molecule has 286 valence electrons. The molecule has 4 aliphatic rings. The Balaban J connectivity index is 1.67. The van der Waals surface area contributed by atoms with Crippen LogP contribution < -0.4 is 0 Å². The maximum atomic E-state index is 12.9. The van der Waals surface area contributed by atoms with Crippen molar-refractivity contribution >= 4 is 5.97 Å². The highest BCUT2D eigenvalue weighted by Gasteiger charge is 2.54. The van der Waals surface area contributed by atoms with Gasteiger partial charge >= 0.3 is 5.97 Å². The van der Waals surface area contributed by atoms with Crippen molar-refractivity contribution in [2.45, 2.75) is 202 Å². The van der Waals surface area contributed by atoms with Gasteiger partial charge in [0, 0.05) is 6.42 Å². The fourth-order valence-corrected chi connectivity index (χ4v) is 6.94. The van der Waals surface area contributed by atoms with Gasteiger partial charge in [0.15, 0.2) is 25.0 Å². The molecular formula is C34H60O15. The van der Waals surface area contributed by atoms with Crippen LogP contribution in [0.25, 0.3) is 0 Å². The molecule has 0 aliphatic carbocycles. The number of hydrogen-bond donors (Lipinski definition) is 7. The van der Waals surface area contributed by atoms with Crippen LogP contribution in [-0.4, -0.2) is 147 Å². The Morgan fingerprint density at radius 1 is 0.592 bits per heavy atom. The molecule has 0 aromatic rings. The number of esters is 1. The van der Waals surface area contributed by atoms with Gasteiger partial charge in [0.2, 0.25) is 0 Å². The minimum atomic E-state index is -1.77. The normalized spacial score (nSPS) is 45.6. The third-order valence-corrected chi connectivity index (χ3v) is 10.1. The molecule has 0 aromatic heterocycles. The standard InChI is InChI=1S/C34H60O15/c1-4-5-11-14-20-15-12-9-7-6-8-10-13-16-22(36)47-29-26(40)23(37)19(3)44-33(29)48-31-28(42)25(39)21(17-35)46-34(31)49-30-27(41)24(38)18(2)43-32(30)45-20/h18-21,23-35,37-42H,4-17H2,1-3H3/t18-,19-,20+,21-,23-,24+,25-,26+,27+,28+,29+,30+,31-,32-,33-,34+/m1/s1. The van der Waals surface area contributed by atoms with Crippen LogP contribution >= 0.6 is 0 Å². The van der Waals surface area contributed by atoms with E-state index in [1.165, 1.54) is 6.92 Å². The molecule has 0 saturated carbocycles. The average molecular weight is 709 g/mol. The summed E-state index contributed by atoms with van der Waals surface area (Å²) < 4.78 is 42.1. The van der Waals surface area contributed by atoms with Gasteiger partial charge in [-0.15, -0.1) is 0 Å². The van der Waals surface area contributed by atoms with E-state index in [0.29, 0.717) is 6.42 Å². The largest absolute Gasteiger partial charge is 0.454 e. The molecule has 4 heterocycles. The molecule has 16 atom stereocenters. The SMILES string of the molecule is CCCCC[C@H]1CCCCCCCCCC(=O)O[C@@H]2[C@@H](O[C@H]3[C@H](O[C@@H]4[C@@H](O1)O[C@H](C)[C@H](O)[C@@H]4O)O[C@H](CO)[C@@H](O)[C@@H]3O)O[C@H](C)[C@@H](O)[C@@H]2O. The molecule has 7 N–H and O–H groups in total. The summed E-state index contributed by atoms with van der Waals surface area (Å²) in [4.78, 5) is 12.9. The molecule has 0 spiro atoms. The summed E-state index contributed by atoms with van der Waals surface area (Å²) in [7, 11) is 0. The lowest BCUT2D eigenvalue weighted by Crippen LogP contribution is -2.66. The highest BCUT2D eigenvalue weighted by molar-refractivity contribution is 5.69. The van der Waals surface area contributed by atoms with E-state index in [9.17, 15) is 40.5 Å². The highest BCUT2D eigenvalue weighted by Crippen LogP contribution is 2.35. The van der Waals surface area contributed by atoms with E-state index in [0.717, 1.165) is 70.6 Å². The van der Waals surface area contributed by atoms with E-state index < -0.39 is 105 Å². The zero-order valence-electron chi connectivity index (χ0n) is 29.0. The van der Waals surface area contributed by atoms with Crippen LogP contribution in [0, 0.1) is 0 Å². The van der Waals surface area contributed by atoms with Crippen LogP contribution in [-0.2, 0) is 38.0 Å². The van der Waals surface area contributed by atoms with Gasteiger partial charge in [-0.1, -0.05) is 64.7 Å². The van der Waals surface area contributed by atoms with E-state index in [4.69, 9.17) is 33.2 Å². The molecule has 4 saturated heterocycles. The lowest BCUT2D eigenvalue weighted by atomic mass is 9.96. The molecule has 0 unspecified atom stereocenters. The van der Waals surface area contributed by atoms with Gasteiger partial charge in [-0.2, -0.15) is 0 Å². The molecule has 0 radical (unpaired) electrons. The van der Waals surface area contributed by atoms with Crippen molar-refractivity contribution in [2.75, 3.05) is 6.61 Å². The van der Waals surface area contributed by atoms with Gasteiger partial charge in [-0.3, -0.25) is 4.79 Å². The van der Waals surface area contributed by atoms with Gasteiger partial charge in [-0.05, 0) is 33.1 Å². The fourth-order valence-electron chi connectivity index (χ4n) is 6.94. The van der Waals surface area contributed by atoms with Crippen molar-refractivity contribution in [3.63, 3.8) is 0 Å². The quantitative estimate of drug-likeness (QED) is 0.153. The van der Waals surface area contributed by atoms with E-state index in [1.807, 2.05) is 0 Å². The van der Waals surface area contributed by atoms with Crippen LogP contribution in [0.3, 0.4) is 0 Å². The topological polar surface area (TPSA) is 223 Å². The number of carbonyl (C=O) groups excluding carboxylic acids is 1. The Hall–Kier alpha value is -1.05. The van der Waals surface area contributed by atoms with Crippen LogP contribution in [0.2, 0.25) is 0 Å². The lowest BCUT2D eigenvalue weighted by Gasteiger charge is -2.48. The van der Waals surface area contributed by atoms with Crippen LogP contribution in [0.4, 0.5) is 0 Å². The molecule has 15 heteroatoms. The Labute approximate surface area is 288 Å². The van der Waals surface area contributed by atoms with Crippen LogP contribution in [0.5, 0.6) is 0 Å². The molecule has 0 aromatic carbocycles. The Bertz CT molecular complexity index is 974. The zero-order chi connectivity index (χ0) is 35.7. The Morgan fingerprint density at radius 3 is 1.69 bits per heavy atom. The number of aliphatic hydroxyl groups excluding tert-OH is 7. The predicted molar refractivity (Wildman–Crippen MR) is 171 cm³/mol. The van der Waals surface area contributed by atoms with Gasteiger partial charge in [0.1, 0.15) is 54.9 Å². The van der Waals surface area contributed by atoms with Crippen molar-refractivity contribution in [2.24, 2.45) is 0 Å². The van der Waals surface area contributed by atoms with Gasteiger partial charge in [0.25, 0.3) is 0 Å². The molecule has 15 nitrogen and oxygen atoms in total. The highest BCUT2D eigenvalue weighted by atomic mass is 16.8. The van der Waals surface area contributed by atoms with Gasteiger partial charge < -0.3 is 68.9 Å². The Kier molecular flexibility index (Phi) is 16.4. The van der Waals surface area contributed by atoms with Crippen molar-refractivity contribution in [3.05, 3.63) is 0 Å². The van der Waals surface area contributed by atoms with Crippen molar-refractivity contribution < 1.29 is 73.7 Å². The number of fused-ring (bicyclic) bond motifs is 3. The maximum absolute atomic E-state index is 12.9. The second-order valence-electron chi connectivity index (χ2n) is 14.0. The maximum Gasteiger partial charge on any atom is 0.306 e. The molecule has 4 fully saturated rings. The summed E-state index contributed by atoms with van der Waals surface area (Å²) in [6.45, 7) is 4.48. The zero-order valence-corrected chi connectivity index (χ0v) is 29.0. The molecule has 0 amide bonds. The monoisotopic (exact) mass is 708 g/mol. The number of aliphatic hydroxyl groups is 7. The number of ether oxygens (including phenoxy) is 7. The van der Waals surface area contributed by atoms with Crippen molar-refractivity contribution in [3.8, 4) is 0 Å². The number of rotatable bonds is 5.